The Hall–Kier alpha value is -2.80. The number of nitrogen functional groups attached to an aromatic ring is 1. The summed E-state index contributed by atoms with van der Waals surface area (Å²) in [6.45, 7) is 10.4. The fourth-order valence-corrected chi connectivity index (χ4v) is 5.64. The molecule has 1 aliphatic carbocycles. The van der Waals surface area contributed by atoms with Gasteiger partial charge in [-0.1, -0.05) is 38.0 Å². The van der Waals surface area contributed by atoms with E-state index in [1.807, 2.05) is 0 Å². The molecule has 2 N–H and O–H groups in total. The third kappa shape index (κ3) is 4.85. The Kier molecular flexibility index (Phi) is 6.63. The lowest BCUT2D eigenvalue weighted by Gasteiger charge is -2.41. The Labute approximate surface area is 204 Å². The summed E-state index contributed by atoms with van der Waals surface area (Å²) in [6, 6.07) is 9.48. The van der Waals surface area contributed by atoms with E-state index in [-0.39, 0.29) is 0 Å². The SMILES string of the molecule is C=C(N1CCc2ccc(-c3cc(N4CCN(C)CC4)nc(N)n3)cc2C1)N(C)C1CCCCC1. The number of piperazine rings is 1. The third-order valence-electron chi connectivity index (χ3n) is 7.97. The lowest BCUT2D eigenvalue weighted by Crippen LogP contribution is -2.44. The molecule has 2 aliphatic heterocycles. The highest BCUT2D eigenvalue weighted by molar-refractivity contribution is 5.66. The summed E-state index contributed by atoms with van der Waals surface area (Å²) in [6.07, 6.45) is 7.68. The first-order chi connectivity index (χ1) is 16.5. The van der Waals surface area contributed by atoms with Crippen molar-refractivity contribution in [1.82, 2.24) is 24.7 Å². The Balaban J connectivity index is 1.34. The van der Waals surface area contributed by atoms with Crippen molar-refractivity contribution in [3.63, 3.8) is 0 Å². The normalized spacial score (nSPS) is 19.7. The number of hydrogen-bond acceptors (Lipinski definition) is 7. The van der Waals surface area contributed by atoms with Gasteiger partial charge in [0.05, 0.1) is 11.5 Å². The minimum Gasteiger partial charge on any atom is -0.368 e. The van der Waals surface area contributed by atoms with Crippen LogP contribution in [-0.2, 0) is 13.0 Å². The Morgan fingerprint density at radius 2 is 1.76 bits per heavy atom. The van der Waals surface area contributed by atoms with Crippen molar-refractivity contribution in [3.05, 3.63) is 47.8 Å². The van der Waals surface area contributed by atoms with E-state index in [4.69, 9.17) is 5.73 Å². The minimum absolute atomic E-state index is 0.341. The van der Waals surface area contributed by atoms with Crippen LogP contribution in [0.5, 0.6) is 0 Å². The molecular weight excluding hydrogens is 422 g/mol. The van der Waals surface area contributed by atoms with Crippen LogP contribution in [0.3, 0.4) is 0 Å². The van der Waals surface area contributed by atoms with Gasteiger partial charge < -0.3 is 25.3 Å². The van der Waals surface area contributed by atoms with Crippen LogP contribution in [0.4, 0.5) is 11.8 Å². The highest BCUT2D eigenvalue weighted by atomic mass is 15.3. The molecular formula is C27H39N7. The fourth-order valence-electron chi connectivity index (χ4n) is 5.64. The molecule has 182 valence electrons. The maximum absolute atomic E-state index is 6.15. The molecule has 1 saturated heterocycles. The second-order valence-corrected chi connectivity index (χ2v) is 10.2. The fraction of sp³-hybridized carbons (Fsp3) is 0.556. The van der Waals surface area contributed by atoms with Crippen LogP contribution in [0.2, 0.25) is 0 Å². The largest absolute Gasteiger partial charge is 0.368 e. The number of fused-ring (bicyclic) bond motifs is 1. The molecule has 2 fully saturated rings. The molecule has 1 aromatic heterocycles. The van der Waals surface area contributed by atoms with Crippen molar-refractivity contribution in [2.75, 3.05) is 57.5 Å². The van der Waals surface area contributed by atoms with E-state index in [1.54, 1.807) is 0 Å². The molecule has 0 radical (unpaired) electrons. The van der Waals surface area contributed by atoms with Crippen molar-refractivity contribution in [2.45, 2.75) is 51.1 Å². The summed E-state index contributed by atoms with van der Waals surface area (Å²) >= 11 is 0. The van der Waals surface area contributed by atoms with Gasteiger partial charge in [0.2, 0.25) is 5.95 Å². The molecule has 0 atom stereocenters. The van der Waals surface area contributed by atoms with Crippen molar-refractivity contribution in [2.24, 2.45) is 0 Å². The zero-order valence-electron chi connectivity index (χ0n) is 20.8. The molecule has 0 bridgehead atoms. The zero-order chi connectivity index (χ0) is 23.7. The monoisotopic (exact) mass is 461 g/mol. The number of aromatic nitrogens is 2. The maximum Gasteiger partial charge on any atom is 0.222 e. The van der Waals surface area contributed by atoms with Crippen LogP contribution in [-0.4, -0.2) is 77.5 Å². The molecule has 34 heavy (non-hydrogen) atoms. The van der Waals surface area contributed by atoms with Gasteiger partial charge in [0.15, 0.2) is 0 Å². The van der Waals surface area contributed by atoms with E-state index in [2.05, 4.69) is 74.5 Å². The smallest absolute Gasteiger partial charge is 0.222 e. The minimum atomic E-state index is 0.341. The van der Waals surface area contributed by atoms with E-state index < -0.39 is 0 Å². The summed E-state index contributed by atoms with van der Waals surface area (Å²) in [5, 5.41) is 0. The standard InChI is InChI=1S/C27H39N7/c1-20(32(3)24-7-5-4-6-8-24)34-12-11-21-9-10-22(17-23(21)19-34)25-18-26(30-27(28)29-25)33-15-13-31(2)14-16-33/h9-10,17-18,24H,1,4-8,11-16,19H2,2-3H3,(H2,28,29,30). The molecule has 2 aromatic rings. The van der Waals surface area contributed by atoms with Crippen LogP contribution < -0.4 is 10.6 Å². The molecule has 0 spiro atoms. The number of hydrogen-bond donors (Lipinski definition) is 1. The van der Waals surface area contributed by atoms with Crippen LogP contribution >= 0.6 is 0 Å². The van der Waals surface area contributed by atoms with Crippen molar-refractivity contribution < 1.29 is 0 Å². The van der Waals surface area contributed by atoms with E-state index in [0.717, 1.165) is 68.6 Å². The number of nitrogens with zero attached hydrogens (tertiary/aromatic N) is 6. The number of benzene rings is 1. The van der Waals surface area contributed by atoms with Gasteiger partial charge in [-0.15, -0.1) is 0 Å². The average Bonchev–Trinajstić information content (AvgIpc) is 2.87. The van der Waals surface area contributed by atoms with Gasteiger partial charge in [0.1, 0.15) is 5.82 Å². The van der Waals surface area contributed by atoms with Gasteiger partial charge in [0.25, 0.3) is 0 Å². The van der Waals surface area contributed by atoms with Crippen LogP contribution in [0.1, 0.15) is 43.2 Å². The summed E-state index contributed by atoms with van der Waals surface area (Å²) in [5.74, 6) is 2.43. The van der Waals surface area contributed by atoms with Gasteiger partial charge in [-0.05, 0) is 43.5 Å². The van der Waals surface area contributed by atoms with Gasteiger partial charge in [0, 0.05) is 64.0 Å². The predicted molar refractivity (Wildman–Crippen MR) is 139 cm³/mol. The first-order valence-corrected chi connectivity index (χ1v) is 12.8. The van der Waals surface area contributed by atoms with E-state index in [1.165, 1.54) is 43.2 Å². The van der Waals surface area contributed by atoms with Crippen molar-refractivity contribution in [1.29, 1.82) is 0 Å². The lowest BCUT2D eigenvalue weighted by molar-refractivity contribution is 0.157. The predicted octanol–water partition coefficient (Wildman–Crippen LogP) is 3.57. The second-order valence-electron chi connectivity index (χ2n) is 10.2. The van der Waals surface area contributed by atoms with E-state index in [9.17, 15) is 0 Å². The Morgan fingerprint density at radius 3 is 2.53 bits per heavy atom. The molecule has 0 unspecified atom stereocenters. The Morgan fingerprint density at radius 1 is 1.00 bits per heavy atom. The quantitative estimate of drug-likeness (QED) is 0.730. The summed E-state index contributed by atoms with van der Waals surface area (Å²) in [4.78, 5) is 18.7. The molecule has 3 aliphatic rings. The molecule has 7 heteroatoms. The topological polar surface area (TPSA) is 64.8 Å². The van der Waals surface area contributed by atoms with Gasteiger partial charge in [-0.25, -0.2) is 4.98 Å². The highest BCUT2D eigenvalue weighted by Crippen LogP contribution is 2.31. The third-order valence-corrected chi connectivity index (χ3v) is 7.97. The summed E-state index contributed by atoms with van der Waals surface area (Å²) in [5.41, 5.74) is 10.9. The number of rotatable bonds is 5. The van der Waals surface area contributed by atoms with Crippen LogP contribution in [0.15, 0.2) is 36.7 Å². The molecule has 7 nitrogen and oxygen atoms in total. The van der Waals surface area contributed by atoms with Crippen molar-refractivity contribution in [3.8, 4) is 11.3 Å². The average molecular weight is 462 g/mol. The Bertz CT molecular complexity index is 1020. The van der Waals surface area contributed by atoms with Crippen LogP contribution in [0, 0.1) is 0 Å². The molecule has 3 heterocycles. The summed E-state index contributed by atoms with van der Waals surface area (Å²) in [7, 11) is 4.39. The first kappa shape index (κ1) is 23.0. The van der Waals surface area contributed by atoms with Gasteiger partial charge in [-0.2, -0.15) is 4.98 Å². The number of anilines is 2. The van der Waals surface area contributed by atoms with Gasteiger partial charge >= 0.3 is 0 Å². The van der Waals surface area contributed by atoms with Crippen molar-refractivity contribution >= 4 is 11.8 Å². The molecule has 5 rings (SSSR count). The molecule has 1 saturated carbocycles. The van der Waals surface area contributed by atoms with E-state index in [0.29, 0.717) is 12.0 Å². The maximum atomic E-state index is 6.15. The number of likely N-dealkylation sites (N-methyl/N-ethyl adjacent to an activating group) is 1. The number of nitrogens with two attached hydrogens (primary N) is 1. The zero-order valence-corrected chi connectivity index (χ0v) is 20.8. The highest BCUT2D eigenvalue weighted by Gasteiger charge is 2.25. The second kappa shape index (κ2) is 9.82. The molecule has 0 amide bonds. The molecule has 1 aromatic carbocycles. The summed E-state index contributed by atoms with van der Waals surface area (Å²) < 4.78 is 0. The van der Waals surface area contributed by atoms with Crippen LogP contribution in [0.25, 0.3) is 11.3 Å². The van der Waals surface area contributed by atoms with Gasteiger partial charge in [-0.3, -0.25) is 0 Å². The lowest BCUT2D eigenvalue weighted by atomic mass is 9.94. The first-order valence-electron chi connectivity index (χ1n) is 12.8. The van der Waals surface area contributed by atoms with E-state index >= 15 is 0 Å².